The molecular formula is C18H22O2. The molecule has 20 heavy (non-hydrogen) atoms. The van der Waals surface area contributed by atoms with Gasteiger partial charge in [0.05, 0.1) is 6.61 Å². The van der Waals surface area contributed by atoms with Crippen LogP contribution in [0.2, 0.25) is 0 Å². The molecule has 0 heterocycles. The van der Waals surface area contributed by atoms with Gasteiger partial charge in [0.2, 0.25) is 0 Å². The molecule has 0 fully saturated rings. The van der Waals surface area contributed by atoms with E-state index >= 15 is 0 Å². The van der Waals surface area contributed by atoms with Crippen molar-refractivity contribution in [1.82, 2.24) is 0 Å². The molecule has 1 N–H and O–H groups in total. The van der Waals surface area contributed by atoms with E-state index in [9.17, 15) is 5.11 Å². The maximum atomic E-state index is 10.6. The number of aryl methyl sites for hydroxylation is 3. The lowest BCUT2D eigenvalue weighted by atomic mass is 9.93. The maximum absolute atomic E-state index is 10.6. The van der Waals surface area contributed by atoms with Crippen molar-refractivity contribution in [2.24, 2.45) is 0 Å². The van der Waals surface area contributed by atoms with Gasteiger partial charge in [-0.3, -0.25) is 0 Å². The first-order chi connectivity index (χ1) is 9.52. The summed E-state index contributed by atoms with van der Waals surface area (Å²) in [4.78, 5) is 0. The Morgan fingerprint density at radius 1 is 1.00 bits per heavy atom. The van der Waals surface area contributed by atoms with Gasteiger partial charge in [-0.2, -0.15) is 0 Å². The van der Waals surface area contributed by atoms with Gasteiger partial charge >= 0.3 is 0 Å². The first-order valence-electron chi connectivity index (χ1n) is 7.01. The van der Waals surface area contributed by atoms with E-state index in [1.54, 1.807) is 0 Å². The number of benzene rings is 2. The Hall–Kier alpha value is -1.80. The summed E-state index contributed by atoms with van der Waals surface area (Å²) in [6.45, 7) is 8.78. The van der Waals surface area contributed by atoms with Crippen molar-refractivity contribution in [3.05, 3.63) is 64.2 Å². The van der Waals surface area contributed by atoms with E-state index in [2.05, 4.69) is 26.0 Å². The van der Waals surface area contributed by atoms with Crippen LogP contribution in [0, 0.1) is 20.8 Å². The topological polar surface area (TPSA) is 29.5 Å². The van der Waals surface area contributed by atoms with Gasteiger partial charge in [0.15, 0.2) is 0 Å². The highest BCUT2D eigenvalue weighted by atomic mass is 16.5. The first kappa shape index (κ1) is 14.6. The fraction of sp³-hybridized carbons (Fsp3) is 0.333. The summed E-state index contributed by atoms with van der Waals surface area (Å²) in [5, 5.41) is 10.6. The lowest BCUT2D eigenvalue weighted by Gasteiger charge is -2.17. The summed E-state index contributed by atoms with van der Waals surface area (Å²) in [6.07, 6.45) is -0.616. The second kappa shape index (κ2) is 6.10. The van der Waals surface area contributed by atoms with E-state index in [4.69, 9.17) is 4.74 Å². The van der Waals surface area contributed by atoms with Crippen LogP contribution in [0.5, 0.6) is 5.75 Å². The van der Waals surface area contributed by atoms with Gasteiger partial charge in [-0.25, -0.2) is 0 Å². The van der Waals surface area contributed by atoms with Crippen molar-refractivity contribution >= 4 is 0 Å². The second-order valence-corrected chi connectivity index (χ2v) is 5.20. The van der Waals surface area contributed by atoms with E-state index in [-0.39, 0.29) is 0 Å². The molecule has 2 rings (SSSR count). The van der Waals surface area contributed by atoms with Crippen LogP contribution in [0.25, 0.3) is 0 Å². The van der Waals surface area contributed by atoms with Gasteiger partial charge in [0.25, 0.3) is 0 Å². The average molecular weight is 270 g/mol. The van der Waals surface area contributed by atoms with Gasteiger partial charge in [-0.05, 0) is 67.6 Å². The summed E-state index contributed by atoms with van der Waals surface area (Å²) in [5.41, 5.74) is 5.39. The standard InChI is InChI=1S/C18H22O2/c1-5-20-16-8-6-7-15(11-16)18(19)17-10-13(3)12(2)9-14(17)4/h6-11,18-19H,5H2,1-4H3. The molecule has 0 aromatic heterocycles. The van der Waals surface area contributed by atoms with Crippen LogP contribution in [0.1, 0.15) is 40.8 Å². The number of hydrogen-bond acceptors (Lipinski definition) is 2. The van der Waals surface area contributed by atoms with Crippen LogP contribution in [0.15, 0.2) is 36.4 Å². The molecule has 0 spiro atoms. The van der Waals surface area contributed by atoms with Crippen LogP contribution in [-0.4, -0.2) is 11.7 Å². The van der Waals surface area contributed by atoms with Crippen molar-refractivity contribution in [1.29, 1.82) is 0 Å². The Morgan fingerprint density at radius 2 is 1.70 bits per heavy atom. The minimum absolute atomic E-state index is 0.616. The van der Waals surface area contributed by atoms with E-state index in [1.165, 1.54) is 11.1 Å². The molecule has 0 saturated carbocycles. The van der Waals surface area contributed by atoms with Crippen molar-refractivity contribution < 1.29 is 9.84 Å². The highest BCUT2D eigenvalue weighted by molar-refractivity contribution is 5.42. The van der Waals surface area contributed by atoms with E-state index in [0.29, 0.717) is 6.61 Å². The Labute approximate surface area is 121 Å². The van der Waals surface area contributed by atoms with Crippen molar-refractivity contribution in [2.75, 3.05) is 6.61 Å². The largest absolute Gasteiger partial charge is 0.494 e. The minimum Gasteiger partial charge on any atom is -0.494 e. The third-order valence-electron chi connectivity index (χ3n) is 3.66. The molecule has 1 unspecified atom stereocenters. The average Bonchev–Trinajstić information content (AvgIpc) is 2.43. The molecule has 0 radical (unpaired) electrons. The maximum Gasteiger partial charge on any atom is 0.119 e. The normalized spacial score (nSPS) is 12.2. The number of aliphatic hydroxyl groups is 1. The van der Waals surface area contributed by atoms with Gasteiger partial charge in [0.1, 0.15) is 11.9 Å². The Bertz CT molecular complexity index is 602. The molecule has 106 valence electrons. The van der Waals surface area contributed by atoms with Gasteiger partial charge in [-0.1, -0.05) is 24.3 Å². The van der Waals surface area contributed by atoms with E-state index in [0.717, 1.165) is 22.4 Å². The van der Waals surface area contributed by atoms with Crippen LogP contribution in [0.4, 0.5) is 0 Å². The number of ether oxygens (including phenoxy) is 1. The molecule has 0 aliphatic heterocycles. The molecule has 0 amide bonds. The molecule has 2 heteroatoms. The van der Waals surface area contributed by atoms with Crippen LogP contribution >= 0.6 is 0 Å². The molecule has 0 bridgehead atoms. The summed E-state index contributed by atoms with van der Waals surface area (Å²) >= 11 is 0. The summed E-state index contributed by atoms with van der Waals surface area (Å²) in [7, 11) is 0. The summed E-state index contributed by atoms with van der Waals surface area (Å²) < 4.78 is 5.49. The zero-order chi connectivity index (χ0) is 14.7. The second-order valence-electron chi connectivity index (χ2n) is 5.20. The van der Waals surface area contributed by atoms with Gasteiger partial charge in [-0.15, -0.1) is 0 Å². The van der Waals surface area contributed by atoms with Gasteiger partial charge < -0.3 is 9.84 Å². The predicted octanol–water partition coefficient (Wildman–Crippen LogP) is 4.09. The number of aliphatic hydroxyl groups excluding tert-OH is 1. The Kier molecular flexibility index (Phi) is 4.46. The molecule has 0 saturated heterocycles. The zero-order valence-corrected chi connectivity index (χ0v) is 12.6. The Balaban J connectivity index is 2.38. The summed E-state index contributed by atoms with van der Waals surface area (Å²) in [6, 6.07) is 11.9. The molecular weight excluding hydrogens is 248 g/mol. The number of hydrogen-bond donors (Lipinski definition) is 1. The van der Waals surface area contributed by atoms with E-state index in [1.807, 2.05) is 38.1 Å². The molecule has 2 aromatic carbocycles. The molecule has 0 aliphatic carbocycles. The molecule has 2 aromatic rings. The van der Waals surface area contributed by atoms with Crippen molar-refractivity contribution in [2.45, 2.75) is 33.8 Å². The van der Waals surface area contributed by atoms with Crippen molar-refractivity contribution in [3.63, 3.8) is 0 Å². The Morgan fingerprint density at radius 3 is 2.40 bits per heavy atom. The lowest BCUT2D eigenvalue weighted by Crippen LogP contribution is -2.04. The zero-order valence-electron chi connectivity index (χ0n) is 12.6. The smallest absolute Gasteiger partial charge is 0.119 e. The highest BCUT2D eigenvalue weighted by Gasteiger charge is 2.14. The predicted molar refractivity (Wildman–Crippen MR) is 82.3 cm³/mol. The first-order valence-corrected chi connectivity index (χ1v) is 7.01. The van der Waals surface area contributed by atoms with Gasteiger partial charge in [0, 0.05) is 0 Å². The van der Waals surface area contributed by atoms with Crippen LogP contribution < -0.4 is 4.74 Å². The quantitative estimate of drug-likeness (QED) is 0.906. The summed E-state index contributed by atoms with van der Waals surface area (Å²) in [5.74, 6) is 0.797. The molecule has 2 nitrogen and oxygen atoms in total. The van der Waals surface area contributed by atoms with Crippen molar-refractivity contribution in [3.8, 4) is 5.75 Å². The third kappa shape index (κ3) is 3.02. The molecule has 0 aliphatic rings. The fourth-order valence-corrected chi connectivity index (χ4v) is 2.40. The third-order valence-corrected chi connectivity index (χ3v) is 3.66. The monoisotopic (exact) mass is 270 g/mol. The SMILES string of the molecule is CCOc1cccc(C(O)c2cc(C)c(C)cc2C)c1. The fourth-order valence-electron chi connectivity index (χ4n) is 2.40. The van der Waals surface area contributed by atoms with Crippen LogP contribution in [0.3, 0.4) is 0 Å². The lowest BCUT2D eigenvalue weighted by molar-refractivity contribution is 0.218. The molecule has 1 atom stereocenters. The van der Waals surface area contributed by atoms with E-state index < -0.39 is 6.10 Å². The number of rotatable bonds is 4. The van der Waals surface area contributed by atoms with Crippen LogP contribution in [-0.2, 0) is 0 Å². The highest BCUT2D eigenvalue weighted by Crippen LogP contribution is 2.29. The minimum atomic E-state index is -0.616.